The average molecular weight is 292 g/mol. The zero-order valence-electron chi connectivity index (χ0n) is 9.03. The molecule has 5 nitrogen and oxygen atoms in total. The van der Waals surface area contributed by atoms with E-state index in [1.54, 1.807) is 0 Å². The molecule has 9 heteroatoms. The van der Waals surface area contributed by atoms with Crippen molar-refractivity contribution in [2.45, 2.75) is 6.18 Å². The Morgan fingerprint density at radius 3 is 2.58 bits per heavy atom. The van der Waals surface area contributed by atoms with Crippen LogP contribution in [0.15, 0.2) is 24.4 Å². The lowest BCUT2D eigenvalue weighted by molar-refractivity contribution is -0.384. The maximum atomic E-state index is 12.5. The number of nitrogens with zero attached hydrogens (tertiary/aromatic N) is 2. The molecule has 100 valence electrons. The number of nitro groups is 1. The summed E-state index contributed by atoms with van der Waals surface area (Å²) >= 11 is 5.73. The Labute approximate surface area is 109 Å². The third kappa shape index (κ3) is 2.53. The Morgan fingerprint density at radius 1 is 1.37 bits per heavy atom. The summed E-state index contributed by atoms with van der Waals surface area (Å²) in [7, 11) is 0. The molecular formula is C10H5ClF3N3O2. The van der Waals surface area contributed by atoms with Gasteiger partial charge in [-0.2, -0.15) is 18.3 Å². The fraction of sp³-hybridized carbons (Fsp3) is 0.100. The number of halogens is 4. The predicted molar refractivity (Wildman–Crippen MR) is 60.7 cm³/mol. The van der Waals surface area contributed by atoms with Crippen LogP contribution in [0, 0.1) is 10.1 Å². The van der Waals surface area contributed by atoms with E-state index in [2.05, 4.69) is 10.2 Å². The second kappa shape index (κ2) is 4.54. The van der Waals surface area contributed by atoms with E-state index >= 15 is 0 Å². The fourth-order valence-corrected chi connectivity index (χ4v) is 1.77. The van der Waals surface area contributed by atoms with Crippen molar-refractivity contribution in [3.8, 4) is 11.3 Å². The number of benzene rings is 1. The molecule has 0 bridgehead atoms. The zero-order chi connectivity index (χ0) is 14.2. The number of aromatic nitrogens is 2. The third-order valence-corrected chi connectivity index (χ3v) is 2.68. The first-order valence-corrected chi connectivity index (χ1v) is 5.24. The van der Waals surface area contributed by atoms with Gasteiger partial charge in [-0.25, -0.2) is 0 Å². The maximum absolute atomic E-state index is 12.5. The molecule has 0 aliphatic carbocycles. The van der Waals surface area contributed by atoms with Gasteiger partial charge < -0.3 is 0 Å². The first-order valence-electron chi connectivity index (χ1n) is 4.86. The molecule has 0 atom stereocenters. The highest BCUT2D eigenvalue weighted by Gasteiger charge is 2.31. The molecule has 0 amide bonds. The Balaban J connectivity index is 2.53. The molecule has 0 aliphatic heterocycles. The normalized spacial score (nSPS) is 11.6. The zero-order valence-corrected chi connectivity index (χ0v) is 9.79. The number of H-pyrrole nitrogens is 1. The molecule has 0 fully saturated rings. The Bertz CT molecular complexity index is 639. The molecule has 0 saturated carbocycles. The molecule has 0 aliphatic rings. The highest BCUT2D eigenvalue weighted by molar-refractivity contribution is 6.33. The second-order valence-electron chi connectivity index (χ2n) is 3.57. The van der Waals surface area contributed by atoms with Crippen molar-refractivity contribution in [1.29, 1.82) is 0 Å². The molecule has 1 N–H and O–H groups in total. The van der Waals surface area contributed by atoms with Crippen LogP contribution < -0.4 is 0 Å². The van der Waals surface area contributed by atoms with Crippen LogP contribution in [0.4, 0.5) is 18.9 Å². The van der Waals surface area contributed by atoms with Crippen molar-refractivity contribution in [3.05, 3.63) is 45.1 Å². The molecule has 19 heavy (non-hydrogen) atoms. The van der Waals surface area contributed by atoms with E-state index in [1.807, 2.05) is 0 Å². The summed E-state index contributed by atoms with van der Waals surface area (Å²) in [6.45, 7) is 0. The Hall–Kier alpha value is -2.09. The van der Waals surface area contributed by atoms with Gasteiger partial charge in [0.2, 0.25) is 0 Å². The summed E-state index contributed by atoms with van der Waals surface area (Å²) in [6, 6.07) is 2.54. The summed E-state index contributed by atoms with van der Waals surface area (Å²) in [6.07, 6.45) is -3.50. The first kappa shape index (κ1) is 13.3. The summed E-state index contributed by atoms with van der Waals surface area (Å²) in [4.78, 5) is 10.0. The molecule has 2 aromatic rings. The predicted octanol–water partition coefficient (Wildman–Crippen LogP) is 3.66. The number of hydrogen-bond acceptors (Lipinski definition) is 3. The molecule has 0 unspecified atom stereocenters. The summed E-state index contributed by atoms with van der Waals surface area (Å²) < 4.78 is 37.4. The smallest absolute Gasteiger partial charge is 0.278 e. The topological polar surface area (TPSA) is 71.8 Å². The van der Waals surface area contributed by atoms with E-state index in [9.17, 15) is 23.3 Å². The first-order chi connectivity index (χ1) is 8.80. The van der Waals surface area contributed by atoms with Crippen LogP contribution in [-0.2, 0) is 6.18 Å². The molecule has 1 aromatic heterocycles. The van der Waals surface area contributed by atoms with Crippen molar-refractivity contribution in [2.75, 3.05) is 0 Å². The minimum atomic E-state index is -4.53. The van der Waals surface area contributed by atoms with E-state index < -0.39 is 16.7 Å². The van der Waals surface area contributed by atoms with E-state index in [0.717, 1.165) is 18.3 Å². The minimum absolute atomic E-state index is 0.0580. The van der Waals surface area contributed by atoms with Crippen molar-refractivity contribution < 1.29 is 18.1 Å². The van der Waals surface area contributed by atoms with Crippen molar-refractivity contribution in [2.24, 2.45) is 0 Å². The van der Waals surface area contributed by atoms with Crippen LogP contribution in [-0.4, -0.2) is 15.1 Å². The fourth-order valence-electron chi connectivity index (χ4n) is 1.50. The number of hydrogen-bond donors (Lipinski definition) is 1. The average Bonchev–Trinajstić information content (AvgIpc) is 2.76. The van der Waals surface area contributed by atoms with Crippen molar-refractivity contribution >= 4 is 17.3 Å². The van der Waals surface area contributed by atoms with Crippen LogP contribution in [0.2, 0.25) is 5.02 Å². The van der Waals surface area contributed by atoms with Gasteiger partial charge in [-0.05, 0) is 12.1 Å². The highest BCUT2D eigenvalue weighted by Crippen LogP contribution is 2.37. The van der Waals surface area contributed by atoms with E-state index in [-0.39, 0.29) is 22.0 Å². The van der Waals surface area contributed by atoms with E-state index in [1.165, 1.54) is 0 Å². The van der Waals surface area contributed by atoms with Gasteiger partial charge in [0.05, 0.1) is 15.5 Å². The van der Waals surface area contributed by atoms with E-state index in [4.69, 9.17) is 11.6 Å². The van der Waals surface area contributed by atoms with Gasteiger partial charge in [-0.1, -0.05) is 17.7 Å². The molecule has 1 aromatic carbocycles. The largest absolute Gasteiger partial charge is 0.416 e. The highest BCUT2D eigenvalue weighted by atomic mass is 35.5. The van der Waals surface area contributed by atoms with Crippen molar-refractivity contribution in [3.63, 3.8) is 0 Å². The summed E-state index contributed by atoms with van der Waals surface area (Å²) in [5, 5.41) is 16.4. The van der Waals surface area contributed by atoms with E-state index in [0.29, 0.717) is 6.07 Å². The molecule has 0 spiro atoms. The van der Waals surface area contributed by atoms with Gasteiger partial charge in [-0.3, -0.25) is 15.2 Å². The van der Waals surface area contributed by atoms with Gasteiger partial charge in [0.25, 0.3) is 0 Å². The maximum Gasteiger partial charge on any atom is 0.416 e. The Morgan fingerprint density at radius 2 is 2.05 bits per heavy atom. The van der Waals surface area contributed by atoms with Gasteiger partial charge in [0, 0.05) is 5.56 Å². The summed E-state index contributed by atoms with van der Waals surface area (Å²) in [5.41, 5.74) is -1.34. The quantitative estimate of drug-likeness (QED) is 0.678. The standard InChI is InChI=1S/C10H5ClF3N3O2/c11-7-3-5(10(12,13)14)1-2-6(7)9-8(17(18)19)4-15-16-9/h1-4H,(H,15,16). The second-order valence-corrected chi connectivity index (χ2v) is 3.98. The lowest BCUT2D eigenvalue weighted by Gasteiger charge is -2.08. The van der Waals surface area contributed by atoms with Crippen LogP contribution >= 0.6 is 11.6 Å². The number of rotatable bonds is 2. The van der Waals surface area contributed by atoms with Gasteiger partial charge in [0.15, 0.2) is 5.69 Å². The third-order valence-electron chi connectivity index (χ3n) is 2.37. The van der Waals surface area contributed by atoms with Crippen LogP contribution in [0.25, 0.3) is 11.3 Å². The SMILES string of the molecule is O=[N+]([O-])c1c[nH]nc1-c1ccc(C(F)(F)F)cc1Cl. The van der Waals surface area contributed by atoms with Gasteiger partial charge in [0.1, 0.15) is 6.20 Å². The monoisotopic (exact) mass is 291 g/mol. The minimum Gasteiger partial charge on any atom is -0.278 e. The number of alkyl halides is 3. The molecule has 2 rings (SSSR count). The van der Waals surface area contributed by atoms with Crippen LogP contribution in [0.1, 0.15) is 5.56 Å². The van der Waals surface area contributed by atoms with Crippen molar-refractivity contribution in [1.82, 2.24) is 10.2 Å². The summed E-state index contributed by atoms with van der Waals surface area (Å²) in [5.74, 6) is 0. The van der Waals surface area contributed by atoms with Crippen LogP contribution in [0.3, 0.4) is 0 Å². The molecule has 0 radical (unpaired) electrons. The van der Waals surface area contributed by atoms with Gasteiger partial charge in [-0.15, -0.1) is 0 Å². The van der Waals surface area contributed by atoms with Crippen LogP contribution in [0.5, 0.6) is 0 Å². The molecular weight excluding hydrogens is 287 g/mol. The molecule has 1 heterocycles. The number of aromatic amines is 1. The lowest BCUT2D eigenvalue weighted by atomic mass is 10.1. The lowest BCUT2D eigenvalue weighted by Crippen LogP contribution is -2.04. The van der Waals surface area contributed by atoms with Gasteiger partial charge >= 0.3 is 11.9 Å². The molecule has 0 saturated heterocycles. The Kier molecular flexibility index (Phi) is 3.19. The number of nitrogens with one attached hydrogen (secondary N) is 1.